The lowest BCUT2D eigenvalue weighted by atomic mass is 9.94. The number of amides is 1. The van der Waals surface area contributed by atoms with Crippen LogP contribution in [0.15, 0.2) is 90.4 Å². The van der Waals surface area contributed by atoms with Gasteiger partial charge < -0.3 is 15.4 Å². The van der Waals surface area contributed by atoms with E-state index in [1.165, 1.54) is 18.5 Å². The molecule has 2 N–H and O–H groups in total. The van der Waals surface area contributed by atoms with Gasteiger partial charge in [-0.25, -0.2) is 9.07 Å². The Morgan fingerprint density at radius 1 is 1.09 bits per heavy atom. The van der Waals surface area contributed by atoms with Gasteiger partial charge in [0.1, 0.15) is 30.5 Å². The first-order valence-corrected chi connectivity index (χ1v) is 11.2. The van der Waals surface area contributed by atoms with E-state index in [0.717, 1.165) is 22.4 Å². The van der Waals surface area contributed by atoms with Crippen molar-refractivity contribution < 1.29 is 13.9 Å². The first-order chi connectivity index (χ1) is 17.0. The summed E-state index contributed by atoms with van der Waals surface area (Å²) in [7, 11) is 0. The summed E-state index contributed by atoms with van der Waals surface area (Å²) in [6, 6.07) is 20.9. The van der Waals surface area contributed by atoms with Crippen molar-refractivity contribution in [3.8, 4) is 5.75 Å². The molecule has 35 heavy (non-hydrogen) atoms. The smallest absolute Gasteiger partial charge is 0.255 e. The van der Waals surface area contributed by atoms with Gasteiger partial charge in [-0.1, -0.05) is 42.5 Å². The number of ether oxygens (including phenoxy) is 1. The number of allylic oxidation sites excluding steroid dienone is 1. The number of halogens is 1. The van der Waals surface area contributed by atoms with Crippen molar-refractivity contribution in [1.29, 1.82) is 0 Å². The van der Waals surface area contributed by atoms with Gasteiger partial charge in [-0.3, -0.25) is 4.79 Å². The van der Waals surface area contributed by atoms with Gasteiger partial charge in [0, 0.05) is 11.4 Å². The molecule has 1 aliphatic heterocycles. The van der Waals surface area contributed by atoms with Crippen molar-refractivity contribution in [3.05, 3.63) is 113 Å². The van der Waals surface area contributed by atoms with Gasteiger partial charge in [0.25, 0.3) is 5.91 Å². The van der Waals surface area contributed by atoms with Crippen molar-refractivity contribution in [1.82, 2.24) is 14.8 Å². The zero-order valence-corrected chi connectivity index (χ0v) is 19.3. The van der Waals surface area contributed by atoms with Crippen LogP contribution in [-0.2, 0) is 11.4 Å². The number of carbonyl (C=O) groups excluding carboxylic acids is 1. The van der Waals surface area contributed by atoms with E-state index in [9.17, 15) is 9.18 Å². The second-order valence-corrected chi connectivity index (χ2v) is 8.35. The third-order valence-corrected chi connectivity index (χ3v) is 5.92. The standard InChI is InChI=1S/C27H24FN5O2/c1-17-6-3-4-9-23(17)32-26(34)24-18(2)31-27-29-16-30-33(27)25(24)20-7-5-8-22(14-20)35-15-19-10-12-21(28)13-11-19/h3-14,16,25H,15H2,1-2H3,(H,32,34)(H,29,30,31)/t25-/m1/s1. The van der Waals surface area contributed by atoms with Gasteiger partial charge in [0.05, 0.1) is 5.57 Å². The average Bonchev–Trinajstić information content (AvgIpc) is 3.32. The first kappa shape index (κ1) is 22.3. The predicted molar refractivity (Wildman–Crippen MR) is 131 cm³/mol. The number of rotatable bonds is 6. The molecule has 1 atom stereocenters. The third-order valence-electron chi connectivity index (χ3n) is 5.92. The van der Waals surface area contributed by atoms with Crippen LogP contribution in [-0.4, -0.2) is 20.7 Å². The minimum Gasteiger partial charge on any atom is -0.489 e. The highest BCUT2D eigenvalue weighted by atomic mass is 19.1. The predicted octanol–water partition coefficient (Wildman–Crippen LogP) is 5.23. The van der Waals surface area contributed by atoms with Crippen LogP contribution in [0.3, 0.4) is 0 Å². The second kappa shape index (κ2) is 9.42. The van der Waals surface area contributed by atoms with E-state index in [2.05, 4.69) is 20.7 Å². The third kappa shape index (κ3) is 4.63. The Bertz CT molecular complexity index is 1410. The van der Waals surface area contributed by atoms with Crippen LogP contribution < -0.4 is 15.4 Å². The molecule has 0 saturated carbocycles. The number of carbonyl (C=O) groups is 1. The minimum atomic E-state index is -0.507. The first-order valence-electron chi connectivity index (χ1n) is 11.2. The molecule has 0 bridgehead atoms. The number of aromatic nitrogens is 3. The summed E-state index contributed by atoms with van der Waals surface area (Å²) < 4.78 is 20.9. The summed E-state index contributed by atoms with van der Waals surface area (Å²) in [5.41, 5.74) is 4.62. The minimum absolute atomic E-state index is 0.229. The number of nitrogens with one attached hydrogen (secondary N) is 2. The molecule has 0 spiro atoms. The lowest BCUT2D eigenvalue weighted by molar-refractivity contribution is -0.113. The fourth-order valence-corrected chi connectivity index (χ4v) is 4.12. The van der Waals surface area contributed by atoms with E-state index in [4.69, 9.17) is 4.74 Å². The van der Waals surface area contributed by atoms with Crippen molar-refractivity contribution in [2.75, 3.05) is 10.6 Å². The molecule has 1 aliphatic rings. The Morgan fingerprint density at radius 3 is 2.69 bits per heavy atom. The number of fused-ring (bicyclic) bond motifs is 1. The van der Waals surface area contributed by atoms with E-state index < -0.39 is 6.04 Å². The van der Waals surface area contributed by atoms with Crippen LogP contribution in [0.5, 0.6) is 5.75 Å². The van der Waals surface area contributed by atoms with Gasteiger partial charge >= 0.3 is 0 Å². The maximum absolute atomic E-state index is 13.5. The number of nitrogens with zero attached hydrogens (tertiary/aromatic N) is 3. The number of hydrogen-bond donors (Lipinski definition) is 2. The SMILES string of the molecule is CC1=C(C(=O)Nc2ccccc2C)[C@@H](c2cccc(OCc3ccc(F)cc3)c2)n2ncnc2N1. The van der Waals surface area contributed by atoms with E-state index >= 15 is 0 Å². The Morgan fingerprint density at radius 2 is 1.89 bits per heavy atom. The van der Waals surface area contributed by atoms with E-state index in [1.807, 2.05) is 62.4 Å². The van der Waals surface area contributed by atoms with Crippen LogP contribution in [0.4, 0.5) is 16.0 Å². The van der Waals surface area contributed by atoms with Crippen LogP contribution in [0.25, 0.3) is 0 Å². The molecule has 3 aromatic carbocycles. The molecule has 8 heteroatoms. The monoisotopic (exact) mass is 469 g/mol. The average molecular weight is 470 g/mol. The Balaban J connectivity index is 1.46. The van der Waals surface area contributed by atoms with E-state index in [0.29, 0.717) is 29.6 Å². The van der Waals surface area contributed by atoms with E-state index in [1.54, 1.807) is 16.8 Å². The van der Waals surface area contributed by atoms with Crippen molar-refractivity contribution in [2.45, 2.75) is 26.5 Å². The highest BCUT2D eigenvalue weighted by molar-refractivity contribution is 6.06. The molecule has 0 unspecified atom stereocenters. The molecule has 2 heterocycles. The molecule has 4 aromatic rings. The van der Waals surface area contributed by atoms with Crippen LogP contribution in [0.1, 0.15) is 29.7 Å². The zero-order valence-electron chi connectivity index (χ0n) is 19.3. The number of aryl methyl sites for hydroxylation is 1. The molecule has 5 rings (SSSR count). The van der Waals surface area contributed by atoms with Crippen LogP contribution >= 0.6 is 0 Å². The van der Waals surface area contributed by atoms with E-state index in [-0.39, 0.29) is 11.7 Å². The number of anilines is 2. The Labute approximate surface area is 202 Å². The molecule has 1 aromatic heterocycles. The maximum atomic E-state index is 13.5. The van der Waals surface area contributed by atoms with Gasteiger partial charge in [-0.15, -0.1) is 0 Å². The van der Waals surface area contributed by atoms with Crippen LogP contribution in [0, 0.1) is 12.7 Å². The summed E-state index contributed by atoms with van der Waals surface area (Å²) in [6.45, 7) is 4.10. The van der Waals surface area contributed by atoms with Crippen molar-refractivity contribution in [2.24, 2.45) is 0 Å². The maximum Gasteiger partial charge on any atom is 0.255 e. The lowest BCUT2D eigenvalue weighted by Crippen LogP contribution is -2.31. The number of hydrogen-bond acceptors (Lipinski definition) is 5. The lowest BCUT2D eigenvalue weighted by Gasteiger charge is -2.29. The number of benzene rings is 3. The molecular formula is C27H24FN5O2. The molecule has 1 amide bonds. The summed E-state index contributed by atoms with van der Waals surface area (Å²) in [5, 5.41) is 10.6. The molecule has 176 valence electrons. The fraction of sp³-hybridized carbons (Fsp3) is 0.148. The molecule has 0 fully saturated rings. The normalized spacial score (nSPS) is 14.8. The highest BCUT2D eigenvalue weighted by Crippen LogP contribution is 2.36. The molecular weight excluding hydrogens is 445 g/mol. The Kier molecular flexibility index (Phi) is 6.01. The number of para-hydroxylation sites is 1. The summed E-state index contributed by atoms with van der Waals surface area (Å²) in [5.74, 6) is 0.665. The molecule has 0 radical (unpaired) electrons. The highest BCUT2D eigenvalue weighted by Gasteiger charge is 2.33. The largest absolute Gasteiger partial charge is 0.489 e. The van der Waals surface area contributed by atoms with Gasteiger partial charge in [0.15, 0.2) is 0 Å². The quantitative estimate of drug-likeness (QED) is 0.404. The van der Waals surface area contributed by atoms with Crippen molar-refractivity contribution >= 4 is 17.5 Å². The molecule has 0 saturated heterocycles. The zero-order chi connectivity index (χ0) is 24.4. The molecule has 7 nitrogen and oxygen atoms in total. The summed E-state index contributed by atoms with van der Waals surface area (Å²) >= 11 is 0. The topological polar surface area (TPSA) is 81.1 Å². The summed E-state index contributed by atoms with van der Waals surface area (Å²) in [6.07, 6.45) is 1.46. The molecule has 0 aliphatic carbocycles. The van der Waals surface area contributed by atoms with Crippen LogP contribution in [0.2, 0.25) is 0 Å². The Hall–Kier alpha value is -4.46. The fourth-order valence-electron chi connectivity index (χ4n) is 4.12. The van der Waals surface area contributed by atoms with Gasteiger partial charge in [0.2, 0.25) is 5.95 Å². The van der Waals surface area contributed by atoms with Gasteiger partial charge in [-0.05, 0) is 60.9 Å². The summed E-state index contributed by atoms with van der Waals surface area (Å²) in [4.78, 5) is 17.8. The van der Waals surface area contributed by atoms with Crippen molar-refractivity contribution in [3.63, 3.8) is 0 Å². The second-order valence-electron chi connectivity index (χ2n) is 8.35. The van der Waals surface area contributed by atoms with Gasteiger partial charge in [-0.2, -0.15) is 10.1 Å².